The van der Waals surface area contributed by atoms with Crippen LogP contribution >= 0.6 is 0 Å². The second kappa shape index (κ2) is 10.8. The molecule has 0 aromatic heterocycles. The largest absolute Gasteiger partial charge is 0.377 e. The van der Waals surface area contributed by atoms with E-state index in [0.717, 1.165) is 50.6 Å². The van der Waals surface area contributed by atoms with Gasteiger partial charge in [-0.05, 0) is 49.7 Å². The fourth-order valence-corrected chi connectivity index (χ4v) is 5.69. The van der Waals surface area contributed by atoms with Gasteiger partial charge >= 0.3 is 0 Å². The maximum atomic E-state index is 13.4. The fourth-order valence-electron chi connectivity index (χ4n) is 5.69. The molecule has 0 spiro atoms. The Morgan fingerprint density at radius 2 is 1.61 bits per heavy atom. The van der Waals surface area contributed by atoms with Crippen LogP contribution in [0.1, 0.15) is 57.1 Å². The normalized spacial score (nSPS) is 23.7. The summed E-state index contributed by atoms with van der Waals surface area (Å²) in [6.45, 7) is 5.75. The van der Waals surface area contributed by atoms with Crippen LogP contribution in [0.3, 0.4) is 0 Å². The molecule has 2 aliphatic rings. The van der Waals surface area contributed by atoms with E-state index in [-0.39, 0.29) is 23.6 Å². The quantitative estimate of drug-likeness (QED) is 0.452. The molecule has 178 valence electrons. The highest BCUT2D eigenvalue weighted by Crippen LogP contribution is 2.40. The minimum Gasteiger partial charge on any atom is -0.377 e. The lowest BCUT2D eigenvalue weighted by atomic mass is 9.86. The van der Waals surface area contributed by atoms with Crippen molar-refractivity contribution in [3.05, 3.63) is 71.8 Å². The Morgan fingerprint density at radius 1 is 0.970 bits per heavy atom. The summed E-state index contributed by atoms with van der Waals surface area (Å²) in [5.74, 6) is 0.0908. The molecule has 5 heteroatoms. The first-order valence-corrected chi connectivity index (χ1v) is 12.5. The molecule has 3 atom stereocenters. The Bertz CT molecular complexity index is 876. The fraction of sp³-hybridized carbons (Fsp3) is 0.536. The van der Waals surface area contributed by atoms with Gasteiger partial charge in [0, 0.05) is 13.7 Å². The Labute approximate surface area is 198 Å². The number of benzene rings is 2. The zero-order valence-corrected chi connectivity index (χ0v) is 20.3. The van der Waals surface area contributed by atoms with Crippen LogP contribution in [-0.2, 0) is 27.3 Å². The summed E-state index contributed by atoms with van der Waals surface area (Å²) in [4.78, 5) is 13.4. The molecule has 0 N–H and O–H groups in total. The average Bonchev–Trinajstić information content (AvgIpc) is 3.34. The number of nitrogens with zero attached hydrogens (tertiary/aromatic N) is 2. The molecular formula is C28H38N2O3. The summed E-state index contributed by atoms with van der Waals surface area (Å²) in [5, 5.41) is 4.34. The molecule has 2 heterocycles. The highest BCUT2D eigenvalue weighted by atomic mass is 16.5. The standard InChI is InChI=1S/C28H38N2O3/c1-4-28(5-2,32-3)25-17-12-20-29(25)30-24(19-18-22-13-8-6-9-14-22)26(27(30)31)33-21-23-15-10-7-11-16-23/h6-11,13-16,24-26H,4-5,12,17-21H2,1-3H3/t24-,25-,26-/m0/s1. The van der Waals surface area contributed by atoms with Crippen molar-refractivity contribution in [3.63, 3.8) is 0 Å². The van der Waals surface area contributed by atoms with Crippen LogP contribution < -0.4 is 0 Å². The van der Waals surface area contributed by atoms with Crippen molar-refractivity contribution in [2.45, 2.75) is 82.8 Å². The van der Waals surface area contributed by atoms with Crippen molar-refractivity contribution in [3.8, 4) is 0 Å². The van der Waals surface area contributed by atoms with E-state index in [1.165, 1.54) is 5.56 Å². The van der Waals surface area contributed by atoms with E-state index in [1.807, 2.05) is 48.5 Å². The number of carbonyl (C=O) groups excluding carboxylic acids is 1. The number of amides is 1. The summed E-state index contributed by atoms with van der Waals surface area (Å²) in [6.07, 6.45) is 5.43. The number of rotatable bonds is 11. The second-order valence-corrected chi connectivity index (χ2v) is 9.29. The summed E-state index contributed by atoms with van der Waals surface area (Å²) in [5.41, 5.74) is 2.17. The first kappa shape index (κ1) is 23.9. The minimum absolute atomic E-state index is 0.0466. The molecule has 5 nitrogen and oxygen atoms in total. The van der Waals surface area contributed by atoms with E-state index in [0.29, 0.717) is 6.61 Å². The van der Waals surface area contributed by atoms with Gasteiger partial charge in [-0.3, -0.25) is 9.80 Å². The lowest BCUT2D eigenvalue weighted by Crippen LogP contribution is -2.73. The first-order valence-electron chi connectivity index (χ1n) is 12.5. The molecule has 0 bridgehead atoms. The zero-order valence-electron chi connectivity index (χ0n) is 20.3. The number of hydrogen-bond acceptors (Lipinski definition) is 4. The number of ether oxygens (including phenoxy) is 2. The second-order valence-electron chi connectivity index (χ2n) is 9.29. The average molecular weight is 451 g/mol. The number of β-lactam (4-membered cyclic amide) rings is 1. The summed E-state index contributed by atoms with van der Waals surface area (Å²) < 4.78 is 12.3. The van der Waals surface area contributed by atoms with Gasteiger partial charge in [0.25, 0.3) is 5.91 Å². The summed E-state index contributed by atoms with van der Waals surface area (Å²) in [6, 6.07) is 20.9. The van der Waals surface area contributed by atoms with Gasteiger partial charge in [-0.15, -0.1) is 0 Å². The van der Waals surface area contributed by atoms with Crippen LogP contribution in [0.2, 0.25) is 0 Å². The smallest absolute Gasteiger partial charge is 0.268 e. The number of carbonyl (C=O) groups is 1. The van der Waals surface area contributed by atoms with Gasteiger partial charge in [-0.25, -0.2) is 5.01 Å². The molecule has 0 saturated carbocycles. The van der Waals surface area contributed by atoms with E-state index >= 15 is 0 Å². The van der Waals surface area contributed by atoms with E-state index < -0.39 is 6.10 Å². The molecule has 1 amide bonds. The highest BCUT2D eigenvalue weighted by molar-refractivity contribution is 5.88. The van der Waals surface area contributed by atoms with Gasteiger partial charge < -0.3 is 9.47 Å². The Kier molecular flexibility index (Phi) is 7.84. The van der Waals surface area contributed by atoms with Crippen LogP contribution in [0, 0.1) is 0 Å². The molecule has 0 radical (unpaired) electrons. The Balaban J connectivity index is 1.52. The molecule has 2 aromatic carbocycles. The molecule has 2 fully saturated rings. The van der Waals surface area contributed by atoms with Crippen molar-refractivity contribution >= 4 is 5.91 Å². The van der Waals surface area contributed by atoms with E-state index in [9.17, 15) is 4.79 Å². The summed E-state index contributed by atoms with van der Waals surface area (Å²) >= 11 is 0. The lowest BCUT2D eigenvalue weighted by molar-refractivity contribution is -0.229. The van der Waals surface area contributed by atoms with Crippen LogP contribution in [0.25, 0.3) is 0 Å². The molecule has 33 heavy (non-hydrogen) atoms. The molecule has 2 aromatic rings. The molecular weight excluding hydrogens is 412 g/mol. The summed E-state index contributed by atoms with van der Waals surface area (Å²) in [7, 11) is 1.82. The van der Waals surface area contributed by atoms with Gasteiger partial charge in [-0.1, -0.05) is 74.5 Å². The molecule has 4 rings (SSSR count). The van der Waals surface area contributed by atoms with E-state index in [2.05, 4.69) is 43.1 Å². The topological polar surface area (TPSA) is 42.0 Å². The zero-order chi connectivity index (χ0) is 23.3. The molecule has 0 aliphatic carbocycles. The van der Waals surface area contributed by atoms with Crippen LogP contribution in [0.15, 0.2) is 60.7 Å². The number of aryl methyl sites for hydroxylation is 1. The van der Waals surface area contributed by atoms with Crippen LogP contribution in [0.4, 0.5) is 0 Å². The van der Waals surface area contributed by atoms with E-state index in [4.69, 9.17) is 9.47 Å². The number of hydrazine groups is 1. The maximum Gasteiger partial charge on any atom is 0.268 e. The Morgan fingerprint density at radius 3 is 2.21 bits per heavy atom. The van der Waals surface area contributed by atoms with Gasteiger partial charge in [0.1, 0.15) is 0 Å². The lowest BCUT2D eigenvalue weighted by Gasteiger charge is -2.54. The third kappa shape index (κ3) is 4.86. The van der Waals surface area contributed by atoms with Crippen molar-refractivity contribution in [1.29, 1.82) is 0 Å². The minimum atomic E-state index is -0.393. The third-order valence-corrected chi connectivity index (χ3v) is 7.69. The van der Waals surface area contributed by atoms with Gasteiger partial charge in [-0.2, -0.15) is 0 Å². The highest BCUT2D eigenvalue weighted by Gasteiger charge is 2.55. The predicted molar refractivity (Wildman–Crippen MR) is 130 cm³/mol. The van der Waals surface area contributed by atoms with Crippen molar-refractivity contribution in [1.82, 2.24) is 10.0 Å². The van der Waals surface area contributed by atoms with Crippen molar-refractivity contribution < 1.29 is 14.3 Å². The molecule has 0 unspecified atom stereocenters. The number of methoxy groups -OCH3 is 1. The monoisotopic (exact) mass is 450 g/mol. The maximum absolute atomic E-state index is 13.4. The number of hydrogen-bond donors (Lipinski definition) is 0. The van der Waals surface area contributed by atoms with Crippen LogP contribution in [-0.4, -0.2) is 53.4 Å². The van der Waals surface area contributed by atoms with E-state index in [1.54, 1.807) is 0 Å². The van der Waals surface area contributed by atoms with Crippen molar-refractivity contribution in [2.24, 2.45) is 0 Å². The Hall–Kier alpha value is -2.21. The first-order chi connectivity index (χ1) is 16.1. The van der Waals surface area contributed by atoms with Gasteiger partial charge in [0.15, 0.2) is 6.10 Å². The van der Waals surface area contributed by atoms with Crippen LogP contribution in [0.5, 0.6) is 0 Å². The third-order valence-electron chi connectivity index (χ3n) is 7.69. The molecule has 2 aliphatic heterocycles. The molecule has 2 saturated heterocycles. The van der Waals surface area contributed by atoms with Gasteiger partial charge in [0.2, 0.25) is 0 Å². The van der Waals surface area contributed by atoms with Gasteiger partial charge in [0.05, 0.1) is 24.3 Å². The predicted octanol–water partition coefficient (Wildman–Crippen LogP) is 5.00. The SMILES string of the molecule is CCC(CC)(OC)[C@@H]1CCCN1N1C(=O)[C@@H](OCc2ccccc2)[C@@H]1CCc1ccccc1. The van der Waals surface area contributed by atoms with Crippen molar-refractivity contribution in [2.75, 3.05) is 13.7 Å².